The van der Waals surface area contributed by atoms with Crippen LogP contribution in [0.4, 0.5) is 0 Å². The topological polar surface area (TPSA) is 132 Å². The number of ether oxygens (including phenoxy) is 2. The third kappa shape index (κ3) is 4.97. The molecule has 2 aliphatic heterocycles. The average molecular weight is 578 g/mol. The average Bonchev–Trinajstić information content (AvgIpc) is 3.32. The van der Waals surface area contributed by atoms with Crippen molar-refractivity contribution in [3.8, 4) is 0 Å². The van der Waals surface area contributed by atoms with Crippen molar-refractivity contribution in [3.63, 3.8) is 0 Å². The number of rotatable bonds is 5. The largest absolute Gasteiger partial charge is 0.394 e. The van der Waals surface area contributed by atoms with E-state index in [0.29, 0.717) is 29.6 Å². The number of hydrogen-bond acceptors (Lipinski definition) is 8. The Morgan fingerprint density at radius 1 is 1.00 bits per heavy atom. The van der Waals surface area contributed by atoms with Gasteiger partial charge in [-0.2, -0.15) is 0 Å². The van der Waals surface area contributed by atoms with E-state index in [-0.39, 0.29) is 23.0 Å². The molecule has 0 aromatic carbocycles. The summed E-state index contributed by atoms with van der Waals surface area (Å²) in [5.41, 5.74) is 1.06. The third-order valence-electron chi connectivity index (χ3n) is 13.3. The fourth-order valence-electron chi connectivity index (χ4n) is 10.8. The van der Waals surface area contributed by atoms with Crippen molar-refractivity contribution >= 4 is 0 Å². The first kappa shape index (κ1) is 30.4. The Kier molecular flexibility index (Phi) is 8.24. The van der Waals surface area contributed by atoms with Gasteiger partial charge in [-0.3, -0.25) is 0 Å². The molecule has 8 heteroatoms. The molecule has 41 heavy (non-hydrogen) atoms. The molecule has 6 rings (SSSR count). The van der Waals surface area contributed by atoms with Gasteiger partial charge in [0.25, 0.3) is 0 Å². The van der Waals surface area contributed by atoms with E-state index in [1.54, 1.807) is 0 Å². The lowest BCUT2D eigenvalue weighted by atomic mass is 9.46. The van der Waals surface area contributed by atoms with E-state index < -0.39 is 42.9 Å². The van der Waals surface area contributed by atoms with Gasteiger partial charge < -0.3 is 40.3 Å². The van der Waals surface area contributed by atoms with Gasteiger partial charge in [-0.15, -0.1) is 0 Å². The molecule has 2 saturated heterocycles. The summed E-state index contributed by atoms with van der Waals surface area (Å²) in [7, 11) is 0. The molecule has 6 aliphatic rings. The third-order valence-corrected chi connectivity index (χ3v) is 13.3. The smallest absolute Gasteiger partial charge is 0.186 e. The zero-order valence-corrected chi connectivity index (χ0v) is 25.5. The van der Waals surface area contributed by atoms with Gasteiger partial charge in [0.15, 0.2) is 6.29 Å². The van der Waals surface area contributed by atoms with Crippen molar-refractivity contribution in [2.45, 2.75) is 140 Å². The molecular formula is C33H55NO7. The predicted octanol–water partition coefficient (Wildman–Crippen LogP) is 2.89. The summed E-state index contributed by atoms with van der Waals surface area (Å²) in [6, 6.07) is 0.186. The molecule has 3 saturated carbocycles. The van der Waals surface area contributed by atoms with Gasteiger partial charge in [-0.05, 0) is 118 Å². The maximum Gasteiger partial charge on any atom is 0.186 e. The minimum absolute atomic E-state index is 0.126. The Morgan fingerprint density at radius 2 is 1.78 bits per heavy atom. The van der Waals surface area contributed by atoms with Crippen molar-refractivity contribution in [2.75, 3.05) is 13.2 Å². The van der Waals surface area contributed by atoms with E-state index in [9.17, 15) is 25.5 Å². The molecule has 0 aromatic rings. The zero-order valence-electron chi connectivity index (χ0n) is 25.5. The fraction of sp³-hybridized carbons (Fsp3) is 0.939. The van der Waals surface area contributed by atoms with Crippen molar-refractivity contribution in [1.29, 1.82) is 0 Å². The molecule has 0 radical (unpaired) electrons. The molecular weight excluding hydrogens is 522 g/mol. The first-order chi connectivity index (χ1) is 19.4. The van der Waals surface area contributed by atoms with Gasteiger partial charge in [0.1, 0.15) is 24.4 Å². The highest BCUT2D eigenvalue weighted by Crippen LogP contribution is 2.68. The van der Waals surface area contributed by atoms with Crippen LogP contribution in [-0.2, 0) is 9.47 Å². The summed E-state index contributed by atoms with van der Waals surface area (Å²) in [5.74, 6) is 2.92. The number of aliphatic hydroxyl groups excluding tert-OH is 4. The van der Waals surface area contributed by atoms with Crippen LogP contribution in [0.5, 0.6) is 0 Å². The lowest BCUT2D eigenvalue weighted by molar-refractivity contribution is -0.313. The summed E-state index contributed by atoms with van der Waals surface area (Å²) in [6.45, 7) is 9.94. The molecule has 0 spiro atoms. The van der Waals surface area contributed by atoms with E-state index in [1.165, 1.54) is 31.3 Å². The monoisotopic (exact) mass is 577 g/mol. The van der Waals surface area contributed by atoms with Crippen LogP contribution in [0.15, 0.2) is 11.6 Å². The van der Waals surface area contributed by atoms with E-state index in [1.807, 2.05) is 0 Å². The summed E-state index contributed by atoms with van der Waals surface area (Å²) >= 11 is 0. The van der Waals surface area contributed by atoms with E-state index in [0.717, 1.165) is 45.1 Å². The molecule has 0 aromatic heterocycles. The van der Waals surface area contributed by atoms with Gasteiger partial charge in [-0.25, -0.2) is 0 Å². The Morgan fingerprint density at radius 3 is 2.49 bits per heavy atom. The second-order valence-corrected chi connectivity index (χ2v) is 15.5. The predicted molar refractivity (Wildman–Crippen MR) is 155 cm³/mol. The zero-order chi connectivity index (χ0) is 29.3. The second-order valence-electron chi connectivity index (χ2n) is 15.5. The number of nitrogens with one attached hydrogen (secondary N) is 1. The normalized spacial score (nSPS) is 53.4. The van der Waals surface area contributed by atoms with E-state index in [2.05, 4.69) is 39.1 Å². The Hall–Kier alpha value is -0.580. The SMILES string of the molecule is C[C@H]1CC[C@H]([C@](C)(O)[C@@H]2CC[C@H]3[C@@H]4CC=C5C[C@@H](O[C@@H]6O[C@H](CO)[C@@H](O)[C@H](O)[C@H]6O)CC[C@@]5(C)[C@@H]4CC[C@]32C)NC1. The lowest BCUT2D eigenvalue weighted by Crippen LogP contribution is -2.60. The van der Waals surface area contributed by atoms with Crippen LogP contribution in [0.3, 0.4) is 0 Å². The van der Waals surface area contributed by atoms with Gasteiger partial charge in [-0.1, -0.05) is 32.4 Å². The number of fused-ring (bicyclic) bond motifs is 5. The molecule has 4 aliphatic carbocycles. The Balaban J connectivity index is 1.14. The van der Waals surface area contributed by atoms with Crippen molar-refractivity contribution < 1.29 is 35.0 Å². The minimum atomic E-state index is -1.42. The number of aliphatic hydroxyl groups is 5. The van der Waals surface area contributed by atoms with E-state index in [4.69, 9.17) is 9.47 Å². The fourth-order valence-corrected chi connectivity index (χ4v) is 10.8. The molecule has 0 amide bonds. The number of piperidine rings is 1. The highest BCUT2D eigenvalue weighted by molar-refractivity contribution is 5.26. The summed E-state index contributed by atoms with van der Waals surface area (Å²) < 4.78 is 11.8. The highest BCUT2D eigenvalue weighted by Gasteiger charge is 2.62. The molecule has 0 bridgehead atoms. The van der Waals surface area contributed by atoms with Crippen LogP contribution in [0.2, 0.25) is 0 Å². The maximum absolute atomic E-state index is 12.0. The molecule has 6 N–H and O–H groups in total. The molecule has 234 valence electrons. The Labute approximate surface area is 245 Å². The molecule has 2 heterocycles. The lowest BCUT2D eigenvalue weighted by Gasteiger charge is -2.59. The van der Waals surface area contributed by atoms with E-state index >= 15 is 0 Å². The van der Waals surface area contributed by atoms with Crippen molar-refractivity contribution in [2.24, 2.45) is 40.4 Å². The molecule has 8 nitrogen and oxygen atoms in total. The first-order valence-corrected chi connectivity index (χ1v) is 16.5. The van der Waals surface area contributed by atoms with Crippen molar-refractivity contribution in [1.82, 2.24) is 5.32 Å². The molecule has 0 unspecified atom stereocenters. The van der Waals surface area contributed by atoms with Crippen LogP contribution in [-0.4, -0.2) is 87.1 Å². The quantitative estimate of drug-likeness (QED) is 0.275. The number of hydrogen-bond donors (Lipinski definition) is 6. The number of allylic oxidation sites excluding steroid dienone is 1. The Bertz CT molecular complexity index is 979. The van der Waals surface area contributed by atoms with Gasteiger partial charge >= 0.3 is 0 Å². The van der Waals surface area contributed by atoms with Gasteiger partial charge in [0.05, 0.1) is 18.3 Å². The van der Waals surface area contributed by atoms with Crippen LogP contribution in [0, 0.1) is 40.4 Å². The van der Waals surface area contributed by atoms with Gasteiger partial charge in [0, 0.05) is 6.04 Å². The highest BCUT2D eigenvalue weighted by atomic mass is 16.7. The molecule has 15 atom stereocenters. The summed E-state index contributed by atoms with van der Waals surface area (Å²) in [4.78, 5) is 0. The summed E-state index contributed by atoms with van der Waals surface area (Å²) in [5, 5.41) is 56.1. The van der Waals surface area contributed by atoms with Gasteiger partial charge in [0.2, 0.25) is 0 Å². The van der Waals surface area contributed by atoms with Crippen LogP contribution in [0.25, 0.3) is 0 Å². The molecule has 5 fully saturated rings. The maximum atomic E-state index is 12.0. The van der Waals surface area contributed by atoms with Crippen LogP contribution in [0.1, 0.15) is 91.9 Å². The van der Waals surface area contributed by atoms with Crippen LogP contribution >= 0.6 is 0 Å². The first-order valence-electron chi connectivity index (χ1n) is 16.5. The standard InChI is InChI=1S/C33H55NO7/c1-18-5-10-26(34-16-18)33(4,39)25-9-8-22-21-7-6-19-15-20(11-13-31(19,2)23(21)12-14-32(22,25)3)40-30-29(38)28(37)27(36)24(17-35)41-30/h6,18,20-30,34-39H,5,7-17H2,1-4H3/t18-,20-,21-,22-,23+,24+,25+,26+,27+,28-,29+,30+,31+,32+,33+/m0/s1. The second kappa shape index (κ2) is 11.1. The summed E-state index contributed by atoms with van der Waals surface area (Å²) in [6.07, 6.45) is 6.84. The van der Waals surface area contributed by atoms with Crippen LogP contribution < -0.4 is 5.32 Å². The van der Waals surface area contributed by atoms with Crippen molar-refractivity contribution in [3.05, 3.63) is 11.6 Å². The minimum Gasteiger partial charge on any atom is -0.394 e.